The van der Waals surface area contributed by atoms with Crippen LogP contribution >= 0.6 is 0 Å². The van der Waals surface area contributed by atoms with Gasteiger partial charge in [0.2, 0.25) is 11.8 Å². The maximum Gasteiger partial charge on any atom is 0.234 e. The Balaban J connectivity index is 2.05. The molecule has 0 radical (unpaired) electrons. The van der Waals surface area contributed by atoms with Gasteiger partial charge in [0.05, 0.1) is 12.6 Å². The van der Waals surface area contributed by atoms with Gasteiger partial charge < -0.3 is 16.0 Å². The van der Waals surface area contributed by atoms with Crippen LogP contribution in [0, 0.1) is 0 Å². The van der Waals surface area contributed by atoms with E-state index in [0.29, 0.717) is 6.04 Å². The molecule has 0 heterocycles. The third-order valence-corrected chi connectivity index (χ3v) is 3.92. The largest absolute Gasteiger partial charge is 0.350 e. The van der Waals surface area contributed by atoms with Gasteiger partial charge in [0.25, 0.3) is 0 Å². The molecule has 2 rings (SSSR count). The van der Waals surface area contributed by atoms with Gasteiger partial charge in [0.1, 0.15) is 0 Å². The summed E-state index contributed by atoms with van der Waals surface area (Å²) < 4.78 is 0. The van der Waals surface area contributed by atoms with Gasteiger partial charge in [-0.3, -0.25) is 9.59 Å². The van der Waals surface area contributed by atoms with E-state index in [-0.39, 0.29) is 30.4 Å². The third kappa shape index (κ3) is 3.02. The van der Waals surface area contributed by atoms with E-state index in [4.69, 9.17) is 5.73 Å². The Morgan fingerprint density at radius 3 is 2.44 bits per heavy atom. The van der Waals surface area contributed by atoms with Crippen LogP contribution in [0.5, 0.6) is 0 Å². The average molecular weight is 253 g/mol. The number of amides is 2. The summed E-state index contributed by atoms with van der Waals surface area (Å²) in [7, 11) is 0. The number of carbonyl (C=O) groups is 2. The van der Waals surface area contributed by atoms with E-state index in [0.717, 1.165) is 38.5 Å². The van der Waals surface area contributed by atoms with Gasteiger partial charge in [-0.2, -0.15) is 0 Å². The molecule has 5 heteroatoms. The fourth-order valence-corrected chi connectivity index (χ4v) is 2.99. The van der Waals surface area contributed by atoms with E-state index in [1.54, 1.807) is 6.92 Å². The van der Waals surface area contributed by atoms with Crippen molar-refractivity contribution in [1.82, 2.24) is 10.2 Å². The smallest absolute Gasteiger partial charge is 0.234 e. The predicted octanol–water partition coefficient (Wildman–Crippen LogP) is 0.383. The summed E-state index contributed by atoms with van der Waals surface area (Å²) in [4.78, 5) is 25.3. The lowest BCUT2D eigenvalue weighted by Gasteiger charge is -2.40. The standard InChI is InChI=1S/C13H23N3O2/c1-9(17)16(10-6-7-10)12-5-3-2-4-11(12)15-13(18)8-14/h10-12H,2-8,14H2,1H3,(H,15,18)/t11-,12-/m0/s1. The Labute approximate surface area is 108 Å². The van der Waals surface area contributed by atoms with E-state index in [1.807, 2.05) is 4.90 Å². The fraction of sp³-hybridized carbons (Fsp3) is 0.846. The van der Waals surface area contributed by atoms with Crippen molar-refractivity contribution >= 4 is 11.8 Å². The molecule has 2 atom stereocenters. The zero-order chi connectivity index (χ0) is 13.1. The Bertz CT molecular complexity index is 328. The Morgan fingerprint density at radius 1 is 1.22 bits per heavy atom. The molecule has 102 valence electrons. The Hall–Kier alpha value is -1.10. The van der Waals surface area contributed by atoms with Crippen LogP contribution < -0.4 is 11.1 Å². The highest BCUT2D eigenvalue weighted by Gasteiger charge is 2.40. The minimum atomic E-state index is -0.119. The van der Waals surface area contributed by atoms with Crippen LogP contribution in [0.1, 0.15) is 45.4 Å². The van der Waals surface area contributed by atoms with Crippen LogP contribution in [-0.4, -0.2) is 41.4 Å². The lowest BCUT2D eigenvalue weighted by Crippen LogP contribution is -2.56. The van der Waals surface area contributed by atoms with E-state index in [9.17, 15) is 9.59 Å². The van der Waals surface area contributed by atoms with E-state index >= 15 is 0 Å². The highest BCUT2D eigenvalue weighted by Crippen LogP contribution is 2.33. The van der Waals surface area contributed by atoms with E-state index in [1.165, 1.54) is 0 Å². The highest BCUT2D eigenvalue weighted by atomic mass is 16.2. The van der Waals surface area contributed by atoms with Gasteiger partial charge in [-0.15, -0.1) is 0 Å². The first-order valence-corrected chi connectivity index (χ1v) is 6.92. The second kappa shape index (κ2) is 5.69. The number of nitrogens with one attached hydrogen (secondary N) is 1. The lowest BCUT2D eigenvalue weighted by molar-refractivity contribution is -0.134. The molecule has 0 saturated heterocycles. The van der Waals surface area contributed by atoms with Crippen molar-refractivity contribution in [2.24, 2.45) is 5.73 Å². The number of nitrogens with zero attached hydrogens (tertiary/aromatic N) is 1. The van der Waals surface area contributed by atoms with Crippen LogP contribution in [0.25, 0.3) is 0 Å². The summed E-state index contributed by atoms with van der Waals surface area (Å²) in [6.45, 7) is 1.65. The summed E-state index contributed by atoms with van der Waals surface area (Å²) in [6, 6.07) is 0.654. The monoisotopic (exact) mass is 253 g/mol. The van der Waals surface area contributed by atoms with Gasteiger partial charge in [0.15, 0.2) is 0 Å². The zero-order valence-corrected chi connectivity index (χ0v) is 11.0. The number of hydrogen-bond donors (Lipinski definition) is 2. The summed E-state index contributed by atoms with van der Waals surface area (Å²) >= 11 is 0. The molecule has 3 N–H and O–H groups in total. The zero-order valence-electron chi connectivity index (χ0n) is 11.0. The van der Waals surface area contributed by atoms with E-state index in [2.05, 4.69) is 5.32 Å². The van der Waals surface area contributed by atoms with E-state index < -0.39 is 0 Å². The molecule has 2 amide bonds. The molecule has 2 saturated carbocycles. The van der Waals surface area contributed by atoms with Gasteiger partial charge in [-0.1, -0.05) is 12.8 Å². The van der Waals surface area contributed by atoms with Gasteiger partial charge >= 0.3 is 0 Å². The second-order valence-electron chi connectivity index (χ2n) is 5.39. The van der Waals surface area contributed by atoms with Crippen molar-refractivity contribution < 1.29 is 9.59 Å². The quantitative estimate of drug-likeness (QED) is 0.760. The molecule has 0 unspecified atom stereocenters. The molecule has 0 aromatic carbocycles. The van der Waals surface area contributed by atoms with Gasteiger partial charge in [-0.25, -0.2) is 0 Å². The number of carbonyl (C=O) groups excluding carboxylic acids is 2. The van der Waals surface area contributed by atoms with Crippen molar-refractivity contribution in [2.75, 3.05) is 6.54 Å². The van der Waals surface area contributed by atoms with Crippen LogP contribution in [0.15, 0.2) is 0 Å². The number of rotatable bonds is 4. The molecular weight excluding hydrogens is 230 g/mol. The average Bonchev–Trinajstić information content (AvgIpc) is 3.15. The normalized spacial score (nSPS) is 27.7. The summed E-state index contributed by atoms with van der Waals surface area (Å²) in [5.74, 6) is 0.0163. The minimum absolute atomic E-state index is 0.0206. The van der Waals surface area contributed by atoms with Crippen molar-refractivity contribution in [2.45, 2.75) is 63.6 Å². The number of hydrogen-bond acceptors (Lipinski definition) is 3. The van der Waals surface area contributed by atoms with Gasteiger partial charge in [-0.05, 0) is 25.7 Å². The number of nitrogens with two attached hydrogens (primary N) is 1. The molecule has 0 aromatic rings. The highest BCUT2D eigenvalue weighted by molar-refractivity contribution is 5.78. The SMILES string of the molecule is CC(=O)N(C1CC1)[C@H]1CCCC[C@@H]1NC(=O)CN. The third-order valence-electron chi connectivity index (χ3n) is 3.92. The molecule has 0 aromatic heterocycles. The lowest BCUT2D eigenvalue weighted by atomic mass is 9.88. The molecule has 0 bridgehead atoms. The summed E-state index contributed by atoms with van der Waals surface area (Å²) in [5.41, 5.74) is 5.35. The topological polar surface area (TPSA) is 75.4 Å². The molecule has 0 aliphatic heterocycles. The second-order valence-corrected chi connectivity index (χ2v) is 5.39. The maximum absolute atomic E-state index is 11.8. The molecule has 2 fully saturated rings. The Kier molecular flexibility index (Phi) is 4.22. The maximum atomic E-state index is 11.8. The minimum Gasteiger partial charge on any atom is -0.350 e. The van der Waals surface area contributed by atoms with Crippen LogP contribution in [0.4, 0.5) is 0 Å². The molecule has 2 aliphatic carbocycles. The van der Waals surface area contributed by atoms with Crippen molar-refractivity contribution in [1.29, 1.82) is 0 Å². The molecule has 0 spiro atoms. The fourth-order valence-electron chi connectivity index (χ4n) is 2.99. The summed E-state index contributed by atoms with van der Waals surface area (Å²) in [6.07, 6.45) is 6.40. The molecule has 18 heavy (non-hydrogen) atoms. The predicted molar refractivity (Wildman–Crippen MR) is 68.8 cm³/mol. The van der Waals surface area contributed by atoms with Crippen LogP contribution in [0.2, 0.25) is 0 Å². The first kappa shape index (κ1) is 13.3. The molecule has 5 nitrogen and oxygen atoms in total. The first-order valence-electron chi connectivity index (χ1n) is 6.92. The van der Waals surface area contributed by atoms with Crippen molar-refractivity contribution in [3.8, 4) is 0 Å². The van der Waals surface area contributed by atoms with Crippen LogP contribution in [0.3, 0.4) is 0 Å². The molecule has 2 aliphatic rings. The van der Waals surface area contributed by atoms with Crippen LogP contribution in [-0.2, 0) is 9.59 Å². The van der Waals surface area contributed by atoms with Gasteiger partial charge in [0, 0.05) is 19.0 Å². The van der Waals surface area contributed by atoms with Crippen molar-refractivity contribution in [3.05, 3.63) is 0 Å². The summed E-state index contributed by atoms with van der Waals surface area (Å²) in [5, 5.41) is 2.98. The first-order chi connectivity index (χ1) is 8.63. The molecular formula is C13H23N3O2. The Morgan fingerprint density at radius 2 is 1.89 bits per heavy atom. The van der Waals surface area contributed by atoms with Crippen molar-refractivity contribution in [3.63, 3.8) is 0 Å².